The summed E-state index contributed by atoms with van der Waals surface area (Å²) in [5, 5.41) is 0.537. The number of esters is 1. The molecule has 0 fully saturated rings. The Bertz CT molecular complexity index is 832. The zero-order valence-corrected chi connectivity index (χ0v) is 12.8. The van der Waals surface area contributed by atoms with Gasteiger partial charge in [-0.2, -0.15) is 8.78 Å². The van der Waals surface area contributed by atoms with E-state index < -0.39 is 12.6 Å². The minimum absolute atomic E-state index is 0.00775. The maximum absolute atomic E-state index is 12.1. The fraction of sp³-hybridized carbons (Fsp3) is 0.0588. The molecule has 0 saturated carbocycles. The lowest BCUT2D eigenvalue weighted by Gasteiger charge is -2.04. The van der Waals surface area contributed by atoms with Gasteiger partial charge in [0.1, 0.15) is 5.75 Å². The molecule has 7 heteroatoms. The molecule has 0 saturated heterocycles. The van der Waals surface area contributed by atoms with Crippen LogP contribution in [0.15, 0.2) is 59.2 Å². The van der Waals surface area contributed by atoms with Gasteiger partial charge in [-0.15, -0.1) is 0 Å². The standard InChI is InChI=1S/C17H10ClF2NO3/c18-12-3-1-2-10(8-12)9-14-16(22)24-15(21-14)11-4-6-13(7-5-11)23-17(19)20/h1-9,17H/b14-9-. The highest BCUT2D eigenvalue weighted by Gasteiger charge is 2.24. The van der Waals surface area contributed by atoms with Gasteiger partial charge in [0.2, 0.25) is 5.90 Å². The third-order valence-electron chi connectivity index (χ3n) is 3.10. The van der Waals surface area contributed by atoms with Crippen LogP contribution in [-0.4, -0.2) is 18.5 Å². The molecule has 2 aromatic rings. The van der Waals surface area contributed by atoms with Crippen LogP contribution in [-0.2, 0) is 9.53 Å². The Labute approximate surface area is 141 Å². The Hall–Kier alpha value is -2.73. The molecule has 1 aliphatic rings. The second kappa shape index (κ2) is 6.80. The fourth-order valence-corrected chi connectivity index (χ4v) is 2.26. The molecule has 4 nitrogen and oxygen atoms in total. The maximum Gasteiger partial charge on any atom is 0.387 e. The van der Waals surface area contributed by atoms with Gasteiger partial charge in [-0.05, 0) is 48.0 Å². The molecule has 2 aromatic carbocycles. The molecule has 0 aliphatic carbocycles. The predicted molar refractivity (Wildman–Crippen MR) is 85.1 cm³/mol. The van der Waals surface area contributed by atoms with E-state index in [2.05, 4.69) is 9.73 Å². The van der Waals surface area contributed by atoms with E-state index >= 15 is 0 Å². The zero-order valence-electron chi connectivity index (χ0n) is 12.1. The number of carbonyl (C=O) groups is 1. The molecule has 0 bridgehead atoms. The summed E-state index contributed by atoms with van der Waals surface area (Å²) in [5.41, 5.74) is 1.31. The third kappa shape index (κ3) is 3.78. The first-order valence-corrected chi connectivity index (χ1v) is 7.22. The molecule has 0 amide bonds. The van der Waals surface area contributed by atoms with Crippen LogP contribution in [0.1, 0.15) is 11.1 Å². The van der Waals surface area contributed by atoms with Crippen LogP contribution in [0.2, 0.25) is 5.02 Å². The zero-order chi connectivity index (χ0) is 17.1. The number of hydrogen-bond acceptors (Lipinski definition) is 4. The van der Waals surface area contributed by atoms with Crippen molar-refractivity contribution in [2.45, 2.75) is 6.61 Å². The lowest BCUT2D eigenvalue weighted by atomic mass is 10.2. The van der Waals surface area contributed by atoms with Crippen LogP contribution in [0.3, 0.4) is 0 Å². The molecule has 24 heavy (non-hydrogen) atoms. The molecule has 0 aromatic heterocycles. The fourth-order valence-electron chi connectivity index (χ4n) is 2.07. The van der Waals surface area contributed by atoms with E-state index in [0.29, 0.717) is 16.1 Å². The summed E-state index contributed by atoms with van der Waals surface area (Å²) in [7, 11) is 0. The number of hydrogen-bond donors (Lipinski definition) is 0. The minimum atomic E-state index is -2.90. The number of nitrogens with zero attached hydrogens (tertiary/aromatic N) is 1. The van der Waals surface area contributed by atoms with Crippen LogP contribution in [0.25, 0.3) is 6.08 Å². The Kier molecular flexibility index (Phi) is 4.57. The average molecular weight is 350 g/mol. The van der Waals surface area contributed by atoms with Gasteiger partial charge in [0.25, 0.3) is 0 Å². The molecule has 0 radical (unpaired) electrons. The molecule has 1 aliphatic heterocycles. The van der Waals surface area contributed by atoms with E-state index in [-0.39, 0.29) is 17.3 Å². The van der Waals surface area contributed by atoms with Crippen LogP contribution in [0.4, 0.5) is 8.78 Å². The molecule has 1 heterocycles. The largest absolute Gasteiger partial charge is 0.435 e. The van der Waals surface area contributed by atoms with Crippen LogP contribution >= 0.6 is 11.6 Å². The number of halogens is 3. The van der Waals surface area contributed by atoms with E-state index in [1.807, 2.05) is 0 Å². The van der Waals surface area contributed by atoms with Crippen LogP contribution in [0, 0.1) is 0 Å². The van der Waals surface area contributed by atoms with Crippen molar-refractivity contribution in [2.24, 2.45) is 4.99 Å². The highest BCUT2D eigenvalue weighted by Crippen LogP contribution is 2.22. The summed E-state index contributed by atoms with van der Waals surface area (Å²) in [6, 6.07) is 12.6. The van der Waals surface area contributed by atoms with Crippen molar-refractivity contribution in [1.82, 2.24) is 0 Å². The monoisotopic (exact) mass is 349 g/mol. The van der Waals surface area contributed by atoms with Gasteiger partial charge < -0.3 is 9.47 Å². The maximum atomic E-state index is 12.1. The molecule has 0 atom stereocenters. The number of carbonyl (C=O) groups excluding carboxylic acids is 1. The molecule has 122 valence electrons. The van der Waals surface area contributed by atoms with Gasteiger partial charge in [-0.1, -0.05) is 23.7 Å². The second-order valence-corrected chi connectivity index (χ2v) is 5.23. The Morgan fingerprint density at radius 1 is 1.17 bits per heavy atom. The molecule has 0 spiro atoms. The molecule has 0 N–H and O–H groups in total. The normalized spacial score (nSPS) is 15.6. The first-order chi connectivity index (χ1) is 11.5. The summed E-state index contributed by atoms with van der Waals surface area (Å²) >= 11 is 5.90. The molecule has 0 unspecified atom stereocenters. The number of cyclic esters (lactones) is 1. The van der Waals surface area contributed by atoms with Crippen LogP contribution < -0.4 is 4.74 Å². The number of benzene rings is 2. The van der Waals surface area contributed by atoms with Gasteiger partial charge in [-0.25, -0.2) is 9.79 Å². The number of aliphatic imine (C=N–C) groups is 1. The highest BCUT2D eigenvalue weighted by molar-refractivity contribution is 6.30. The third-order valence-corrected chi connectivity index (χ3v) is 3.33. The van der Waals surface area contributed by atoms with Crippen molar-refractivity contribution >= 4 is 29.5 Å². The lowest BCUT2D eigenvalue weighted by molar-refractivity contribution is -0.129. The van der Waals surface area contributed by atoms with E-state index in [1.54, 1.807) is 30.3 Å². The van der Waals surface area contributed by atoms with Gasteiger partial charge >= 0.3 is 12.6 Å². The first-order valence-electron chi connectivity index (χ1n) is 6.84. The van der Waals surface area contributed by atoms with Crippen molar-refractivity contribution in [1.29, 1.82) is 0 Å². The Morgan fingerprint density at radius 2 is 1.92 bits per heavy atom. The van der Waals surface area contributed by atoms with Crippen LogP contribution in [0.5, 0.6) is 5.75 Å². The van der Waals surface area contributed by atoms with Crippen molar-refractivity contribution in [2.75, 3.05) is 0 Å². The minimum Gasteiger partial charge on any atom is -0.435 e. The quantitative estimate of drug-likeness (QED) is 0.611. The molecular formula is C17H10ClF2NO3. The van der Waals surface area contributed by atoms with Crippen molar-refractivity contribution in [3.05, 3.63) is 70.4 Å². The lowest BCUT2D eigenvalue weighted by Crippen LogP contribution is -2.06. The Morgan fingerprint density at radius 3 is 2.58 bits per heavy atom. The summed E-state index contributed by atoms with van der Waals surface area (Å²) in [6.45, 7) is -2.90. The number of alkyl halides is 2. The van der Waals surface area contributed by atoms with E-state index in [1.165, 1.54) is 24.3 Å². The highest BCUT2D eigenvalue weighted by atomic mass is 35.5. The summed E-state index contributed by atoms with van der Waals surface area (Å²) in [6.07, 6.45) is 1.55. The molecule has 3 rings (SSSR count). The van der Waals surface area contributed by atoms with Crippen molar-refractivity contribution < 1.29 is 23.0 Å². The SMILES string of the molecule is O=C1OC(c2ccc(OC(F)F)cc2)=N/C1=C\c1cccc(Cl)c1. The summed E-state index contributed by atoms with van der Waals surface area (Å²) in [5.74, 6) is -0.497. The van der Waals surface area contributed by atoms with Gasteiger partial charge in [0.15, 0.2) is 5.70 Å². The predicted octanol–water partition coefficient (Wildman–Crippen LogP) is 4.29. The van der Waals surface area contributed by atoms with E-state index in [9.17, 15) is 13.6 Å². The topological polar surface area (TPSA) is 47.9 Å². The first kappa shape index (κ1) is 16.1. The van der Waals surface area contributed by atoms with Crippen molar-refractivity contribution in [3.8, 4) is 5.75 Å². The number of ether oxygens (including phenoxy) is 2. The summed E-state index contributed by atoms with van der Waals surface area (Å²) < 4.78 is 33.6. The van der Waals surface area contributed by atoms with Gasteiger partial charge in [0, 0.05) is 10.6 Å². The van der Waals surface area contributed by atoms with Gasteiger partial charge in [0.05, 0.1) is 0 Å². The molecular weight excluding hydrogens is 340 g/mol. The van der Waals surface area contributed by atoms with Gasteiger partial charge in [-0.3, -0.25) is 0 Å². The average Bonchev–Trinajstić information content (AvgIpc) is 2.88. The second-order valence-electron chi connectivity index (χ2n) is 4.79. The van der Waals surface area contributed by atoms with E-state index in [4.69, 9.17) is 16.3 Å². The van der Waals surface area contributed by atoms with E-state index in [0.717, 1.165) is 0 Å². The smallest absolute Gasteiger partial charge is 0.387 e. The Balaban J connectivity index is 1.83. The summed E-state index contributed by atoms with van der Waals surface area (Å²) in [4.78, 5) is 16.0. The van der Waals surface area contributed by atoms with Crippen molar-refractivity contribution in [3.63, 3.8) is 0 Å². The number of rotatable bonds is 4.